The maximum absolute atomic E-state index is 13.6. The van der Waals surface area contributed by atoms with Crippen molar-refractivity contribution >= 4 is 5.95 Å². The Morgan fingerprint density at radius 3 is 2.75 bits per heavy atom. The molecule has 2 heterocycles. The number of hydrogen-bond acceptors (Lipinski definition) is 4. The summed E-state index contributed by atoms with van der Waals surface area (Å²) in [6.45, 7) is 3.50. The molecule has 0 amide bonds. The fourth-order valence-electron chi connectivity index (χ4n) is 2.22. The van der Waals surface area contributed by atoms with Crippen molar-refractivity contribution in [3.05, 3.63) is 41.2 Å². The minimum Gasteiger partial charge on any atom is -0.337 e. The second kappa shape index (κ2) is 5.54. The summed E-state index contributed by atoms with van der Waals surface area (Å²) in [5.74, 6) is 0.0588. The van der Waals surface area contributed by atoms with Crippen molar-refractivity contribution in [2.24, 2.45) is 0 Å². The van der Waals surface area contributed by atoms with Crippen molar-refractivity contribution < 1.29 is 8.78 Å². The number of piperazine rings is 1. The van der Waals surface area contributed by atoms with Crippen molar-refractivity contribution in [3.8, 4) is 0 Å². The molecule has 0 saturated carbocycles. The predicted molar refractivity (Wildman–Crippen MR) is 70.6 cm³/mol. The average molecular weight is 279 g/mol. The second-order valence-electron chi connectivity index (χ2n) is 4.73. The normalized spacial score (nSPS) is 15.6. The van der Waals surface area contributed by atoms with Gasteiger partial charge >= 0.3 is 0 Å². The molecule has 1 aliphatic rings. The van der Waals surface area contributed by atoms with Gasteiger partial charge in [0.25, 0.3) is 0 Å². The van der Waals surface area contributed by atoms with Crippen LogP contribution < -0.4 is 10.2 Å². The Hall–Kier alpha value is -2.02. The van der Waals surface area contributed by atoms with Crippen molar-refractivity contribution in [1.82, 2.24) is 20.5 Å². The first-order chi connectivity index (χ1) is 9.72. The minimum absolute atomic E-state index is 0.269. The number of aromatic amines is 1. The zero-order valence-corrected chi connectivity index (χ0v) is 10.9. The second-order valence-corrected chi connectivity index (χ2v) is 4.73. The fourth-order valence-corrected chi connectivity index (χ4v) is 2.22. The van der Waals surface area contributed by atoms with E-state index in [9.17, 15) is 8.78 Å². The molecule has 1 saturated heterocycles. The zero-order chi connectivity index (χ0) is 13.9. The van der Waals surface area contributed by atoms with Gasteiger partial charge in [0.05, 0.1) is 0 Å². The molecule has 0 bridgehead atoms. The van der Waals surface area contributed by atoms with Gasteiger partial charge < -0.3 is 10.2 Å². The number of nitrogens with zero attached hydrogens (tertiary/aromatic N) is 3. The monoisotopic (exact) mass is 279 g/mol. The van der Waals surface area contributed by atoms with E-state index in [2.05, 4.69) is 25.4 Å². The highest BCUT2D eigenvalue weighted by Gasteiger charge is 2.15. The van der Waals surface area contributed by atoms with Crippen LogP contribution in [0.4, 0.5) is 14.7 Å². The van der Waals surface area contributed by atoms with Gasteiger partial charge in [0.2, 0.25) is 5.95 Å². The van der Waals surface area contributed by atoms with Crippen molar-refractivity contribution in [3.63, 3.8) is 0 Å². The first-order valence-corrected chi connectivity index (χ1v) is 6.53. The third-order valence-corrected chi connectivity index (χ3v) is 3.29. The highest BCUT2D eigenvalue weighted by molar-refractivity contribution is 5.31. The van der Waals surface area contributed by atoms with Crippen LogP contribution in [0.25, 0.3) is 0 Å². The van der Waals surface area contributed by atoms with E-state index in [0.717, 1.165) is 32.2 Å². The molecular weight excluding hydrogens is 264 g/mol. The van der Waals surface area contributed by atoms with Crippen molar-refractivity contribution in [2.45, 2.75) is 6.42 Å². The predicted octanol–water partition coefficient (Wildman–Crippen LogP) is 1.08. The zero-order valence-electron chi connectivity index (χ0n) is 10.9. The molecular formula is C13H15F2N5. The van der Waals surface area contributed by atoms with Crippen LogP contribution in [0, 0.1) is 11.6 Å². The first kappa shape index (κ1) is 13.0. The Kier molecular flexibility index (Phi) is 3.60. The average Bonchev–Trinajstić information content (AvgIpc) is 2.92. The van der Waals surface area contributed by atoms with Crippen LogP contribution in [0.15, 0.2) is 18.2 Å². The molecule has 0 unspecified atom stereocenters. The van der Waals surface area contributed by atoms with E-state index in [1.54, 1.807) is 0 Å². The molecule has 5 nitrogen and oxygen atoms in total. The van der Waals surface area contributed by atoms with Gasteiger partial charge in [0, 0.05) is 38.7 Å². The summed E-state index contributed by atoms with van der Waals surface area (Å²) in [6.07, 6.45) is 0.269. The van der Waals surface area contributed by atoms with E-state index >= 15 is 0 Å². The molecule has 2 aromatic rings. The van der Waals surface area contributed by atoms with Crippen molar-refractivity contribution in [2.75, 3.05) is 31.1 Å². The molecule has 1 fully saturated rings. The topological polar surface area (TPSA) is 56.8 Å². The van der Waals surface area contributed by atoms with E-state index < -0.39 is 11.6 Å². The summed E-state index contributed by atoms with van der Waals surface area (Å²) < 4.78 is 26.4. The Balaban J connectivity index is 1.73. The summed E-state index contributed by atoms with van der Waals surface area (Å²) in [5, 5.41) is 10.2. The van der Waals surface area contributed by atoms with Crippen LogP contribution in [-0.2, 0) is 6.42 Å². The Morgan fingerprint density at radius 1 is 1.20 bits per heavy atom. The van der Waals surface area contributed by atoms with Gasteiger partial charge in [0.15, 0.2) is 0 Å². The maximum Gasteiger partial charge on any atom is 0.244 e. The van der Waals surface area contributed by atoms with Gasteiger partial charge in [-0.2, -0.15) is 4.98 Å². The number of aromatic nitrogens is 3. The van der Waals surface area contributed by atoms with E-state index in [1.165, 1.54) is 12.1 Å². The smallest absolute Gasteiger partial charge is 0.244 e. The van der Waals surface area contributed by atoms with Crippen LogP contribution in [0.5, 0.6) is 0 Å². The van der Waals surface area contributed by atoms with Gasteiger partial charge in [-0.3, -0.25) is 5.10 Å². The number of hydrogen-bond donors (Lipinski definition) is 2. The third-order valence-electron chi connectivity index (χ3n) is 3.29. The Bertz CT molecular complexity index is 592. The number of anilines is 1. The van der Waals surface area contributed by atoms with Crippen molar-refractivity contribution in [1.29, 1.82) is 0 Å². The van der Waals surface area contributed by atoms with Gasteiger partial charge in [-0.15, -0.1) is 5.10 Å². The summed E-state index contributed by atoms with van der Waals surface area (Å²) in [6, 6.07) is 3.55. The van der Waals surface area contributed by atoms with E-state index in [1.807, 2.05) is 0 Å². The molecule has 0 spiro atoms. The standard InChI is InChI=1S/C13H15F2N5/c14-10-2-1-9(11(15)8-10)7-12-17-13(19-18-12)20-5-3-16-4-6-20/h1-2,8,16H,3-7H2,(H,17,18,19). The van der Waals surface area contributed by atoms with Gasteiger partial charge in [-0.05, 0) is 11.6 Å². The summed E-state index contributed by atoms with van der Waals surface area (Å²) >= 11 is 0. The Morgan fingerprint density at radius 2 is 2.00 bits per heavy atom. The summed E-state index contributed by atoms with van der Waals surface area (Å²) in [7, 11) is 0. The van der Waals surface area contributed by atoms with Crippen LogP contribution in [0.1, 0.15) is 11.4 Å². The fraction of sp³-hybridized carbons (Fsp3) is 0.385. The molecule has 0 radical (unpaired) electrons. The number of rotatable bonds is 3. The molecule has 2 N–H and O–H groups in total. The van der Waals surface area contributed by atoms with Gasteiger partial charge in [-0.1, -0.05) is 6.07 Å². The number of benzene rings is 1. The molecule has 106 valence electrons. The highest BCUT2D eigenvalue weighted by atomic mass is 19.1. The Labute approximate surface area is 115 Å². The molecule has 7 heteroatoms. The van der Waals surface area contributed by atoms with Gasteiger partial charge in [0.1, 0.15) is 17.5 Å². The third kappa shape index (κ3) is 2.77. The summed E-state index contributed by atoms with van der Waals surface area (Å²) in [5.41, 5.74) is 0.398. The van der Waals surface area contributed by atoms with E-state index in [-0.39, 0.29) is 6.42 Å². The minimum atomic E-state index is -0.578. The lowest BCUT2D eigenvalue weighted by molar-refractivity contribution is 0.573. The molecule has 3 rings (SSSR count). The first-order valence-electron chi connectivity index (χ1n) is 6.53. The van der Waals surface area contributed by atoms with Crippen LogP contribution in [0.3, 0.4) is 0 Å². The van der Waals surface area contributed by atoms with E-state index in [4.69, 9.17) is 0 Å². The number of halogens is 2. The lowest BCUT2D eigenvalue weighted by Crippen LogP contribution is -2.44. The largest absolute Gasteiger partial charge is 0.337 e. The lowest BCUT2D eigenvalue weighted by Gasteiger charge is -2.25. The van der Waals surface area contributed by atoms with Gasteiger partial charge in [-0.25, -0.2) is 8.78 Å². The molecule has 1 aliphatic heterocycles. The SMILES string of the molecule is Fc1ccc(Cc2nc(N3CCNCC3)n[nH]2)c(F)c1. The molecule has 20 heavy (non-hydrogen) atoms. The highest BCUT2D eigenvalue weighted by Crippen LogP contribution is 2.14. The van der Waals surface area contributed by atoms with E-state index in [0.29, 0.717) is 17.3 Å². The molecule has 0 atom stereocenters. The number of nitrogens with one attached hydrogen (secondary N) is 2. The number of H-pyrrole nitrogens is 1. The summed E-state index contributed by atoms with van der Waals surface area (Å²) in [4.78, 5) is 6.43. The lowest BCUT2D eigenvalue weighted by atomic mass is 10.1. The maximum atomic E-state index is 13.6. The molecule has 0 aliphatic carbocycles. The van der Waals surface area contributed by atoms with Crippen LogP contribution >= 0.6 is 0 Å². The quantitative estimate of drug-likeness (QED) is 0.883. The van der Waals surface area contributed by atoms with Crippen LogP contribution in [-0.4, -0.2) is 41.4 Å². The molecule has 1 aromatic heterocycles. The van der Waals surface area contributed by atoms with Crippen LogP contribution in [0.2, 0.25) is 0 Å². The molecule has 1 aromatic carbocycles.